The van der Waals surface area contributed by atoms with Crippen LogP contribution < -0.4 is 5.56 Å². The third-order valence-corrected chi connectivity index (χ3v) is 2.57. The first kappa shape index (κ1) is 8.00. The molecule has 0 spiro atoms. The van der Waals surface area contributed by atoms with Gasteiger partial charge in [0.15, 0.2) is 0 Å². The molecule has 4 nitrogen and oxygen atoms in total. The number of nitrogens with one attached hydrogen (secondary N) is 1. The second-order valence-corrected chi connectivity index (χ2v) is 3.40. The van der Waals surface area contributed by atoms with Crippen LogP contribution >= 0.6 is 11.5 Å². The van der Waals surface area contributed by atoms with Crippen molar-refractivity contribution >= 4 is 27.6 Å². The summed E-state index contributed by atoms with van der Waals surface area (Å²) in [6, 6.07) is 4.43. The van der Waals surface area contributed by atoms with Crippen molar-refractivity contribution in [2.24, 2.45) is 0 Å². The SMILES string of the molecule is O=C(O)c1ccc2c(=O)[nH]sc2c1. The summed E-state index contributed by atoms with van der Waals surface area (Å²) in [6.45, 7) is 0. The molecule has 1 aromatic carbocycles. The maximum Gasteiger partial charge on any atom is 0.335 e. The van der Waals surface area contributed by atoms with E-state index in [4.69, 9.17) is 5.11 Å². The molecule has 0 radical (unpaired) electrons. The van der Waals surface area contributed by atoms with Crippen LogP contribution in [0.4, 0.5) is 0 Å². The highest BCUT2D eigenvalue weighted by Crippen LogP contribution is 2.15. The number of hydrogen-bond acceptors (Lipinski definition) is 3. The molecule has 2 rings (SSSR count). The van der Waals surface area contributed by atoms with Crippen molar-refractivity contribution in [3.8, 4) is 0 Å². The molecule has 13 heavy (non-hydrogen) atoms. The van der Waals surface area contributed by atoms with Gasteiger partial charge in [-0.1, -0.05) is 11.5 Å². The summed E-state index contributed by atoms with van der Waals surface area (Å²) >= 11 is 1.14. The van der Waals surface area contributed by atoms with E-state index in [1.807, 2.05) is 0 Å². The molecule has 0 unspecified atom stereocenters. The molecular weight excluding hydrogens is 190 g/mol. The van der Waals surface area contributed by atoms with E-state index >= 15 is 0 Å². The summed E-state index contributed by atoms with van der Waals surface area (Å²) in [5.41, 5.74) is 0.0275. The molecule has 0 atom stereocenters. The van der Waals surface area contributed by atoms with Gasteiger partial charge in [0.05, 0.1) is 15.6 Å². The van der Waals surface area contributed by atoms with Crippen molar-refractivity contribution < 1.29 is 9.90 Å². The van der Waals surface area contributed by atoms with Gasteiger partial charge in [-0.3, -0.25) is 9.17 Å². The Kier molecular flexibility index (Phi) is 1.66. The molecule has 66 valence electrons. The van der Waals surface area contributed by atoms with Gasteiger partial charge in [-0.25, -0.2) is 4.79 Å². The van der Waals surface area contributed by atoms with E-state index in [1.54, 1.807) is 0 Å². The number of H-pyrrole nitrogens is 1. The number of aromatic amines is 1. The Balaban J connectivity index is 2.77. The first-order valence-electron chi connectivity index (χ1n) is 3.53. The van der Waals surface area contributed by atoms with Gasteiger partial charge in [0, 0.05) is 0 Å². The standard InChI is InChI=1S/C8H5NO3S/c10-7-5-2-1-4(8(11)12)3-6(5)13-9-7/h1-3H,(H,9,10)(H,11,12). The highest BCUT2D eigenvalue weighted by molar-refractivity contribution is 7.13. The highest BCUT2D eigenvalue weighted by Gasteiger charge is 2.06. The maximum absolute atomic E-state index is 11.1. The summed E-state index contributed by atoms with van der Waals surface area (Å²) in [6.07, 6.45) is 0. The zero-order valence-corrected chi connectivity index (χ0v) is 7.22. The van der Waals surface area contributed by atoms with Gasteiger partial charge in [0.1, 0.15) is 0 Å². The average molecular weight is 195 g/mol. The summed E-state index contributed by atoms with van der Waals surface area (Å²) in [4.78, 5) is 21.6. The van der Waals surface area contributed by atoms with E-state index in [0.717, 1.165) is 11.5 Å². The Hall–Kier alpha value is -1.62. The predicted octanol–water partition coefficient (Wildman–Crippen LogP) is 1.29. The summed E-state index contributed by atoms with van der Waals surface area (Å²) in [5.74, 6) is -0.984. The fraction of sp³-hybridized carbons (Fsp3) is 0. The molecule has 0 aliphatic rings. The van der Waals surface area contributed by atoms with E-state index in [1.165, 1.54) is 18.2 Å². The highest BCUT2D eigenvalue weighted by atomic mass is 32.1. The number of benzene rings is 1. The lowest BCUT2D eigenvalue weighted by Gasteiger charge is -1.91. The maximum atomic E-state index is 11.1. The van der Waals surface area contributed by atoms with Gasteiger partial charge in [-0.2, -0.15) is 0 Å². The smallest absolute Gasteiger partial charge is 0.335 e. The van der Waals surface area contributed by atoms with E-state index in [2.05, 4.69) is 4.37 Å². The van der Waals surface area contributed by atoms with Crippen LogP contribution in [-0.2, 0) is 0 Å². The number of rotatable bonds is 1. The first-order chi connectivity index (χ1) is 6.18. The fourth-order valence-electron chi connectivity index (χ4n) is 1.08. The normalized spacial score (nSPS) is 10.5. The van der Waals surface area contributed by atoms with Crippen LogP contribution in [0.5, 0.6) is 0 Å². The minimum Gasteiger partial charge on any atom is -0.478 e. The number of carboxylic acid groups (broad SMARTS) is 1. The van der Waals surface area contributed by atoms with Crippen molar-refractivity contribution in [1.82, 2.24) is 4.37 Å². The van der Waals surface area contributed by atoms with E-state index in [-0.39, 0.29) is 11.1 Å². The van der Waals surface area contributed by atoms with Gasteiger partial charge in [-0.15, -0.1) is 0 Å². The van der Waals surface area contributed by atoms with Crippen molar-refractivity contribution in [2.75, 3.05) is 0 Å². The predicted molar refractivity (Wildman–Crippen MR) is 49.4 cm³/mol. The monoisotopic (exact) mass is 195 g/mol. The summed E-state index contributed by atoms with van der Waals surface area (Å²) in [7, 11) is 0. The number of aromatic nitrogens is 1. The van der Waals surface area contributed by atoms with Crippen molar-refractivity contribution in [2.45, 2.75) is 0 Å². The van der Waals surface area contributed by atoms with Crippen molar-refractivity contribution in [3.63, 3.8) is 0 Å². The molecule has 0 saturated carbocycles. The van der Waals surface area contributed by atoms with Gasteiger partial charge >= 0.3 is 5.97 Å². The number of carbonyl (C=O) groups is 1. The minimum atomic E-state index is -0.984. The molecular formula is C8H5NO3S. The second-order valence-electron chi connectivity index (χ2n) is 2.55. The number of carboxylic acids is 1. The van der Waals surface area contributed by atoms with Crippen LogP contribution in [0.2, 0.25) is 0 Å². The Morgan fingerprint density at radius 1 is 1.46 bits per heavy atom. The molecule has 0 bridgehead atoms. The zero-order chi connectivity index (χ0) is 9.42. The average Bonchev–Trinajstić information content (AvgIpc) is 2.47. The van der Waals surface area contributed by atoms with Crippen LogP contribution in [0.25, 0.3) is 10.1 Å². The largest absolute Gasteiger partial charge is 0.478 e. The third kappa shape index (κ3) is 1.23. The van der Waals surface area contributed by atoms with E-state index in [9.17, 15) is 9.59 Å². The summed E-state index contributed by atoms with van der Waals surface area (Å²) < 4.78 is 3.21. The molecule has 1 aromatic heterocycles. The van der Waals surface area contributed by atoms with Crippen molar-refractivity contribution in [1.29, 1.82) is 0 Å². The lowest BCUT2D eigenvalue weighted by molar-refractivity contribution is 0.0697. The van der Waals surface area contributed by atoms with Crippen molar-refractivity contribution in [3.05, 3.63) is 34.1 Å². The van der Waals surface area contributed by atoms with Crippen LogP contribution in [0.1, 0.15) is 10.4 Å². The Labute approximate surface area is 76.6 Å². The minimum absolute atomic E-state index is 0.170. The lowest BCUT2D eigenvalue weighted by atomic mass is 10.2. The van der Waals surface area contributed by atoms with E-state index in [0.29, 0.717) is 10.1 Å². The topological polar surface area (TPSA) is 70.2 Å². The fourth-order valence-corrected chi connectivity index (χ4v) is 1.85. The van der Waals surface area contributed by atoms with Crippen LogP contribution in [0.3, 0.4) is 0 Å². The number of fused-ring (bicyclic) bond motifs is 1. The quantitative estimate of drug-likeness (QED) is 0.720. The molecule has 0 saturated heterocycles. The van der Waals surface area contributed by atoms with E-state index < -0.39 is 5.97 Å². The van der Waals surface area contributed by atoms with Gasteiger partial charge in [0.25, 0.3) is 5.56 Å². The Morgan fingerprint density at radius 2 is 2.23 bits per heavy atom. The summed E-state index contributed by atoms with van der Waals surface area (Å²) in [5, 5.41) is 9.20. The number of hydrogen-bond donors (Lipinski definition) is 2. The van der Waals surface area contributed by atoms with Gasteiger partial charge < -0.3 is 5.11 Å². The zero-order valence-electron chi connectivity index (χ0n) is 6.40. The molecule has 0 aliphatic carbocycles. The van der Waals surface area contributed by atoms with Crippen LogP contribution in [0.15, 0.2) is 23.0 Å². The lowest BCUT2D eigenvalue weighted by Crippen LogP contribution is -1.98. The van der Waals surface area contributed by atoms with Gasteiger partial charge in [-0.05, 0) is 18.2 Å². The molecule has 2 aromatic rings. The molecule has 0 aliphatic heterocycles. The molecule has 0 fully saturated rings. The first-order valence-corrected chi connectivity index (χ1v) is 4.34. The van der Waals surface area contributed by atoms with Gasteiger partial charge in [0.2, 0.25) is 0 Å². The molecule has 1 heterocycles. The second kappa shape index (κ2) is 2.70. The molecule has 2 N–H and O–H groups in total. The Morgan fingerprint density at radius 3 is 2.92 bits per heavy atom. The van der Waals surface area contributed by atoms with Crippen LogP contribution in [-0.4, -0.2) is 15.4 Å². The Bertz CT molecular complexity index is 525. The molecule has 5 heteroatoms. The molecule has 0 amide bonds. The third-order valence-electron chi connectivity index (χ3n) is 1.73. The van der Waals surface area contributed by atoms with Crippen LogP contribution in [0, 0.1) is 0 Å². The number of aromatic carboxylic acids is 1.